The molecule has 0 radical (unpaired) electrons. The first kappa shape index (κ1) is 22.4. The summed E-state index contributed by atoms with van der Waals surface area (Å²) in [7, 11) is 0. The van der Waals surface area contributed by atoms with Crippen LogP contribution in [0.3, 0.4) is 0 Å². The van der Waals surface area contributed by atoms with Crippen LogP contribution in [0.25, 0.3) is 10.8 Å². The highest BCUT2D eigenvalue weighted by Gasteiger charge is 2.27. The molecule has 0 aliphatic carbocycles. The van der Waals surface area contributed by atoms with Gasteiger partial charge < -0.3 is 15.4 Å². The van der Waals surface area contributed by atoms with Gasteiger partial charge in [0.25, 0.3) is 0 Å². The summed E-state index contributed by atoms with van der Waals surface area (Å²) in [6.07, 6.45) is 1.80. The predicted octanol–water partition coefficient (Wildman–Crippen LogP) is 4.02. The van der Waals surface area contributed by atoms with Crippen molar-refractivity contribution in [3.05, 3.63) is 76.9 Å². The standard InChI is InChI=1S/C28H30N4O2/c1-19-18-32(26-9-7-22(17-29)23-4-2-3-5-25(23)26)14-13-31(19)12-10-27-24-8-6-21(28(30)33)16-20(24)11-15-34-27/h2-9,16,19,27H,10-15,18H2,1H3,(H2,30,33)/t19-,27+/m1/s1. The molecule has 0 aromatic heterocycles. The number of carbonyl (C=O) groups is 1. The first-order valence-corrected chi connectivity index (χ1v) is 12.0. The summed E-state index contributed by atoms with van der Waals surface area (Å²) in [5, 5.41) is 11.6. The normalized spacial score (nSPS) is 20.6. The minimum absolute atomic E-state index is 0.0541. The number of fused-ring (bicyclic) bond motifs is 2. The molecule has 0 unspecified atom stereocenters. The SMILES string of the molecule is C[C@@H]1CN(c2ccc(C#N)c3ccccc23)CCN1CC[C@@H]1OCCc2cc(C(N)=O)ccc21. The molecule has 2 aliphatic heterocycles. The van der Waals surface area contributed by atoms with Crippen molar-refractivity contribution in [1.29, 1.82) is 5.26 Å². The first-order valence-electron chi connectivity index (χ1n) is 12.0. The summed E-state index contributed by atoms with van der Waals surface area (Å²) in [5.74, 6) is -0.382. The Morgan fingerprint density at radius 1 is 1.15 bits per heavy atom. The molecular weight excluding hydrogens is 424 g/mol. The summed E-state index contributed by atoms with van der Waals surface area (Å²) in [4.78, 5) is 16.5. The third-order valence-corrected chi connectivity index (χ3v) is 7.27. The minimum atomic E-state index is -0.382. The van der Waals surface area contributed by atoms with Crippen LogP contribution in [0.4, 0.5) is 5.69 Å². The third-order valence-electron chi connectivity index (χ3n) is 7.27. The van der Waals surface area contributed by atoms with Gasteiger partial charge in [-0.05, 0) is 55.2 Å². The van der Waals surface area contributed by atoms with Crippen molar-refractivity contribution in [3.63, 3.8) is 0 Å². The maximum Gasteiger partial charge on any atom is 0.248 e. The second-order valence-corrected chi connectivity index (χ2v) is 9.30. The Kier molecular flexibility index (Phi) is 6.23. The number of primary amides is 1. The number of amides is 1. The van der Waals surface area contributed by atoms with Crippen LogP contribution >= 0.6 is 0 Å². The lowest BCUT2D eigenvalue weighted by Crippen LogP contribution is -2.52. The minimum Gasteiger partial charge on any atom is -0.373 e. The zero-order valence-corrected chi connectivity index (χ0v) is 19.5. The van der Waals surface area contributed by atoms with Crippen molar-refractivity contribution in [1.82, 2.24) is 4.90 Å². The predicted molar refractivity (Wildman–Crippen MR) is 134 cm³/mol. The topological polar surface area (TPSA) is 82.6 Å². The number of benzene rings is 3. The molecule has 2 N–H and O–H groups in total. The highest BCUT2D eigenvalue weighted by atomic mass is 16.5. The van der Waals surface area contributed by atoms with Crippen LogP contribution in [0.5, 0.6) is 0 Å². The van der Waals surface area contributed by atoms with Crippen LogP contribution < -0.4 is 10.6 Å². The van der Waals surface area contributed by atoms with E-state index in [0.717, 1.165) is 55.4 Å². The number of carbonyl (C=O) groups excluding carboxylic acids is 1. The molecule has 6 heteroatoms. The Balaban J connectivity index is 1.26. The van der Waals surface area contributed by atoms with Gasteiger partial charge in [0.2, 0.25) is 5.91 Å². The van der Waals surface area contributed by atoms with Gasteiger partial charge in [0, 0.05) is 54.2 Å². The first-order chi connectivity index (χ1) is 16.5. The van der Waals surface area contributed by atoms with Crippen molar-refractivity contribution in [2.45, 2.75) is 31.9 Å². The number of nitrogens with zero attached hydrogens (tertiary/aromatic N) is 3. The Morgan fingerprint density at radius 2 is 1.97 bits per heavy atom. The molecule has 3 aromatic carbocycles. The highest BCUT2D eigenvalue weighted by molar-refractivity contribution is 5.98. The zero-order valence-electron chi connectivity index (χ0n) is 19.5. The van der Waals surface area contributed by atoms with Gasteiger partial charge in [-0.15, -0.1) is 0 Å². The number of nitrogens with two attached hydrogens (primary N) is 1. The Hall–Kier alpha value is -3.40. The Labute approximate surface area is 200 Å². The van der Waals surface area contributed by atoms with Crippen LogP contribution in [0.1, 0.15) is 46.5 Å². The van der Waals surface area contributed by atoms with Crippen LogP contribution in [-0.4, -0.2) is 49.6 Å². The molecule has 1 amide bonds. The van der Waals surface area contributed by atoms with Crippen molar-refractivity contribution < 1.29 is 9.53 Å². The highest BCUT2D eigenvalue weighted by Crippen LogP contribution is 2.33. The molecule has 174 valence electrons. The second-order valence-electron chi connectivity index (χ2n) is 9.30. The van der Waals surface area contributed by atoms with E-state index in [-0.39, 0.29) is 12.0 Å². The van der Waals surface area contributed by atoms with Gasteiger partial charge in [-0.2, -0.15) is 5.26 Å². The van der Waals surface area contributed by atoms with E-state index in [4.69, 9.17) is 10.5 Å². The smallest absolute Gasteiger partial charge is 0.248 e. The Bertz CT molecular complexity index is 1260. The van der Waals surface area contributed by atoms with Gasteiger partial charge in [0.1, 0.15) is 0 Å². The number of nitriles is 1. The van der Waals surface area contributed by atoms with Crippen LogP contribution in [-0.2, 0) is 11.2 Å². The molecule has 5 rings (SSSR count). The molecule has 0 spiro atoms. The van der Waals surface area contributed by atoms with E-state index < -0.39 is 0 Å². The van der Waals surface area contributed by atoms with Gasteiger partial charge in [0.15, 0.2) is 0 Å². The van der Waals surface area contributed by atoms with Gasteiger partial charge >= 0.3 is 0 Å². The fourth-order valence-electron chi connectivity index (χ4n) is 5.42. The lowest BCUT2D eigenvalue weighted by molar-refractivity contribution is 0.0255. The largest absolute Gasteiger partial charge is 0.373 e. The van der Waals surface area contributed by atoms with Gasteiger partial charge in [-0.3, -0.25) is 9.69 Å². The van der Waals surface area contributed by atoms with Crippen molar-refractivity contribution >= 4 is 22.4 Å². The van der Waals surface area contributed by atoms with Crippen molar-refractivity contribution in [3.8, 4) is 6.07 Å². The van der Waals surface area contributed by atoms with Gasteiger partial charge in [0.05, 0.1) is 24.3 Å². The maximum atomic E-state index is 11.5. The van der Waals surface area contributed by atoms with Crippen molar-refractivity contribution in [2.24, 2.45) is 5.73 Å². The fourth-order valence-corrected chi connectivity index (χ4v) is 5.42. The number of hydrogen-bond donors (Lipinski definition) is 1. The molecule has 1 fully saturated rings. The lowest BCUT2D eigenvalue weighted by atomic mass is 9.93. The summed E-state index contributed by atoms with van der Waals surface area (Å²) < 4.78 is 6.11. The van der Waals surface area contributed by atoms with Crippen LogP contribution in [0, 0.1) is 11.3 Å². The summed E-state index contributed by atoms with van der Waals surface area (Å²) >= 11 is 0. The maximum absolute atomic E-state index is 11.5. The molecule has 2 atom stereocenters. The fraction of sp³-hybridized carbons (Fsp3) is 0.357. The third kappa shape index (κ3) is 4.25. The average molecular weight is 455 g/mol. The van der Waals surface area contributed by atoms with E-state index in [9.17, 15) is 10.1 Å². The van der Waals surface area contributed by atoms with Crippen LogP contribution in [0.15, 0.2) is 54.6 Å². The summed E-state index contributed by atoms with van der Waals surface area (Å²) in [5.41, 5.74) is 10.3. The second kappa shape index (κ2) is 9.46. The summed E-state index contributed by atoms with van der Waals surface area (Å²) in [6, 6.07) is 20.7. The van der Waals surface area contributed by atoms with Crippen LogP contribution in [0.2, 0.25) is 0 Å². The lowest BCUT2D eigenvalue weighted by Gasteiger charge is -2.42. The molecule has 34 heavy (non-hydrogen) atoms. The van der Waals surface area contributed by atoms with Gasteiger partial charge in [-0.1, -0.05) is 30.3 Å². The van der Waals surface area contributed by atoms with E-state index in [1.54, 1.807) is 0 Å². The molecule has 0 bridgehead atoms. The van der Waals surface area contributed by atoms with E-state index in [1.807, 2.05) is 42.5 Å². The molecule has 2 aliphatic rings. The monoisotopic (exact) mass is 454 g/mol. The van der Waals surface area contributed by atoms with E-state index in [0.29, 0.717) is 18.2 Å². The number of rotatable bonds is 5. The molecule has 3 aromatic rings. The number of anilines is 1. The number of piperazine rings is 1. The molecule has 0 saturated carbocycles. The average Bonchev–Trinajstić information content (AvgIpc) is 2.87. The van der Waals surface area contributed by atoms with Gasteiger partial charge in [-0.25, -0.2) is 0 Å². The molecule has 1 saturated heterocycles. The Morgan fingerprint density at radius 3 is 2.74 bits per heavy atom. The molecule has 6 nitrogen and oxygen atoms in total. The quantitative estimate of drug-likeness (QED) is 0.630. The summed E-state index contributed by atoms with van der Waals surface area (Å²) in [6.45, 7) is 6.80. The van der Waals surface area contributed by atoms with E-state index in [2.05, 4.69) is 34.9 Å². The van der Waals surface area contributed by atoms with E-state index >= 15 is 0 Å². The number of hydrogen-bond acceptors (Lipinski definition) is 5. The number of ether oxygens (including phenoxy) is 1. The van der Waals surface area contributed by atoms with E-state index in [1.165, 1.54) is 16.8 Å². The molecular formula is C28H30N4O2. The zero-order chi connectivity index (χ0) is 23.7. The molecule has 2 heterocycles. The van der Waals surface area contributed by atoms with Crippen molar-refractivity contribution in [2.75, 3.05) is 37.7 Å².